The Morgan fingerprint density at radius 1 is 1.05 bits per heavy atom. The zero-order valence-corrected chi connectivity index (χ0v) is 12.7. The van der Waals surface area contributed by atoms with E-state index < -0.39 is 0 Å². The Kier molecular flexibility index (Phi) is 6.51. The molecular weight excluding hydrogens is 246 g/mol. The van der Waals surface area contributed by atoms with Gasteiger partial charge in [0.25, 0.3) is 0 Å². The average Bonchev–Trinajstić information content (AvgIpc) is 2.48. The lowest BCUT2D eigenvalue weighted by Gasteiger charge is -2.08. The van der Waals surface area contributed by atoms with Gasteiger partial charge >= 0.3 is 0 Å². The molecule has 2 heteroatoms. The van der Waals surface area contributed by atoms with Crippen molar-refractivity contribution in [3.05, 3.63) is 53.6 Å². The predicted octanol–water partition coefficient (Wildman–Crippen LogP) is 4.89. The van der Waals surface area contributed by atoms with Gasteiger partial charge in [-0.25, -0.2) is 0 Å². The molecule has 2 nitrogen and oxygen atoms in total. The van der Waals surface area contributed by atoms with Crippen molar-refractivity contribution in [3.63, 3.8) is 0 Å². The van der Waals surface area contributed by atoms with E-state index in [4.69, 9.17) is 10.1 Å². The van der Waals surface area contributed by atoms with Crippen LogP contribution in [0.25, 0.3) is 11.1 Å². The van der Waals surface area contributed by atoms with E-state index in [1.54, 1.807) is 14.0 Å². The molecule has 2 aromatic rings. The first-order valence-electron chi connectivity index (χ1n) is 6.85. The Labute approximate surface area is 121 Å². The van der Waals surface area contributed by atoms with Gasteiger partial charge in [-0.05, 0) is 60.9 Å². The number of hydrogen-bond acceptors (Lipinski definition) is 2. The maximum Gasteiger partial charge on any atom is 0.121 e. The molecule has 20 heavy (non-hydrogen) atoms. The van der Waals surface area contributed by atoms with Gasteiger partial charge in [0.1, 0.15) is 5.75 Å². The fourth-order valence-corrected chi connectivity index (χ4v) is 1.99. The van der Waals surface area contributed by atoms with Gasteiger partial charge in [-0.2, -0.15) is 0 Å². The van der Waals surface area contributed by atoms with Gasteiger partial charge in [-0.3, -0.25) is 0 Å². The number of hydrogen-bond donors (Lipinski definition) is 1. The molecule has 0 saturated carbocycles. The summed E-state index contributed by atoms with van der Waals surface area (Å²) in [5.74, 6) is 0.943. The summed E-state index contributed by atoms with van der Waals surface area (Å²) in [5.41, 5.74) is 5.04. The minimum Gasteiger partial charge on any atom is -0.496 e. The minimum atomic E-state index is 0.943. The van der Waals surface area contributed by atoms with Gasteiger partial charge in [-0.15, -0.1) is 0 Å². The van der Waals surface area contributed by atoms with Crippen LogP contribution in [-0.2, 0) is 6.42 Å². The monoisotopic (exact) mass is 269 g/mol. The van der Waals surface area contributed by atoms with E-state index in [1.165, 1.54) is 28.5 Å². The molecule has 0 aliphatic heterocycles. The van der Waals surface area contributed by atoms with Crippen LogP contribution in [0.2, 0.25) is 0 Å². The molecule has 0 fully saturated rings. The smallest absolute Gasteiger partial charge is 0.121 e. The summed E-state index contributed by atoms with van der Waals surface area (Å²) in [6.45, 7) is 5.91. The zero-order chi connectivity index (χ0) is 15.0. The lowest BCUT2D eigenvalue weighted by atomic mass is 10.0. The number of benzene rings is 2. The molecule has 0 radical (unpaired) electrons. The Morgan fingerprint density at radius 2 is 1.60 bits per heavy atom. The van der Waals surface area contributed by atoms with Crippen LogP contribution in [0.1, 0.15) is 25.0 Å². The summed E-state index contributed by atoms with van der Waals surface area (Å²) < 4.78 is 5.27. The predicted molar refractivity (Wildman–Crippen MR) is 87.0 cm³/mol. The van der Waals surface area contributed by atoms with Crippen molar-refractivity contribution in [2.45, 2.75) is 27.2 Å². The van der Waals surface area contributed by atoms with E-state index in [2.05, 4.69) is 50.2 Å². The topological polar surface area (TPSA) is 33.1 Å². The van der Waals surface area contributed by atoms with Gasteiger partial charge in [0, 0.05) is 0 Å². The van der Waals surface area contributed by atoms with E-state index >= 15 is 0 Å². The molecule has 0 heterocycles. The van der Waals surface area contributed by atoms with Crippen LogP contribution in [0.3, 0.4) is 0 Å². The summed E-state index contributed by atoms with van der Waals surface area (Å²) in [6.07, 6.45) is 2.34. The highest BCUT2D eigenvalue weighted by Gasteiger charge is 2.02. The van der Waals surface area contributed by atoms with Crippen LogP contribution >= 0.6 is 0 Å². The first kappa shape index (κ1) is 16.0. The SMILES string of the molecule is CC=N.CCc1ccc(-c2ccc(OC)c(C)c2)cc1. The standard InChI is InChI=1S/C16H18O.C2H5N/c1-4-13-5-7-14(8-6-13)15-9-10-16(17-3)12(2)11-15;1-2-3/h5-11H,4H2,1-3H3;2-3H,1H3. The number of methoxy groups -OCH3 is 1. The molecule has 2 aromatic carbocycles. The van der Waals surface area contributed by atoms with Crippen LogP contribution in [0.4, 0.5) is 0 Å². The van der Waals surface area contributed by atoms with E-state index in [0.29, 0.717) is 0 Å². The second-order valence-electron chi connectivity index (χ2n) is 4.52. The van der Waals surface area contributed by atoms with E-state index in [9.17, 15) is 0 Å². The van der Waals surface area contributed by atoms with Crippen molar-refractivity contribution in [2.75, 3.05) is 7.11 Å². The summed E-state index contributed by atoms with van der Waals surface area (Å²) in [6, 6.07) is 15.0. The molecule has 0 spiro atoms. The summed E-state index contributed by atoms with van der Waals surface area (Å²) in [7, 11) is 1.71. The fourth-order valence-electron chi connectivity index (χ4n) is 1.99. The van der Waals surface area contributed by atoms with Gasteiger partial charge < -0.3 is 10.1 Å². The van der Waals surface area contributed by atoms with Crippen molar-refractivity contribution in [1.29, 1.82) is 5.41 Å². The van der Waals surface area contributed by atoms with Crippen LogP contribution < -0.4 is 4.74 Å². The molecule has 0 aliphatic rings. The molecule has 0 aromatic heterocycles. The second kappa shape index (κ2) is 8.16. The van der Waals surface area contributed by atoms with Crippen molar-refractivity contribution < 1.29 is 4.74 Å². The van der Waals surface area contributed by atoms with Gasteiger partial charge in [0.15, 0.2) is 0 Å². The quantitative estimate of drug-likeness (QED) is 0.791. The van der Waals surface area contributed by atoms with Crippen molar-refractivity contribution in [1.82, 2.24) is 0 Å². The molecule has 0 amide bonds. The Bertz CT molecular complexity index is 544. The lowest BCUT2D eigenvalue weighted by molar-refractivity contribution is 0.412. The lowest BCUT2D eigenvalue weighted by Crippen LogP contribution is -1.88. The maximum atomic E-state index is 6.08. The van der Waals surface area contributed by atoms with E-state index in [-0.39, 0.29) is 0 Å². The van der Waals surface area contributed by atoms with Crippen LogP contribution in [-0.4, -0.2) is 13.3 Å². The first-order valence-corrected chi connectivity index (χ1v) is 6.85. The largest absolute Gasteiger partial charge is 0.496 e. The third-order valence-electron chi connectivity index (χ3n) is 3.09. The molecule has 0 saturated heterocycles. The highest BCUT2D eigenvalue weighted by Crippen LogP contribution is 2.26. The van der Waals surface area contributed by atoms with Gasteiger partial charge in [0.05, 0.1) is 7.11 Å². The van der Waals surface area contributed by atoms with E-state index in [0.717, 1.165) is 12.2 Å². The third kappa shape index (κ3) is 4.23. The molecule has 0 unspecified atom stereocenters. The number of ether oxygens (including phenoxy) is 1. The van der Waals surface area contributed by atoms with Crippen molar-refractivity contribution >= 4 is 6.21 Å². The highest BCUT2D eigenvalue weighted by molar-refractivity contribution is 5.65. The summed E-state index contributed by atoms with van der Waals surface area (Å²) in [5, 5.41) is 6.08. The van der Waals surface area contributed by atoms with E-state index in [1.807, 2.05) is 6.07 Å². The van der Waals surface area contributed by atoms with Crippen molar-refractivity contribution in [2.24, 2.45) is 0 Å². The molecular formula is C18H23NO. The van der Waals surface area contributed by atoms with Crippen LogP contribution in [0.5, 0.6) is 5.75 Å². The first-order chi connectivity index (χ1) is 9.65. The molecule has 0 aliphatic carbocycles. The molecule has 106 valence electrons. The molecule has 1 N–H and O–H groups in total. The molecule has 0 bridgehead atoms. The highest BCUT2D eigenvalue weighted by atomic mass is 16.5. The zero-order valence-electron chi connectivity index (χ0n) is 12.7. The van der Waals surface area contributed by atoms with Crippen molar-refractivity contribution in [3.8, 4) is 16.9 Å². The van der Waals surface area contributed by atoms with Crippen LogP contribution in [0.15, 0.2) is 42.5 Å². The molecule has 0 atom stereocenters. The van der Waals surface area contributed by atoms with Gasteiger partial charge in [-0.1, -0.05) is 37.3 Å². The summed E-state index contributed by atoms with van der Waals surface area (Å²) in [4.78, 5) is 0. The number of rotatable bonds is 3. The van der Waals surface area contributed by atoms with Gasteiger partial charge in [0.2, 0.25) is 0 Å². The van der Waals surface area contributed by atoms with Crippen LogP contribution in [0, 0.1) is 12.3 Å². The third-order valence-corrected chi connectivity index (χ3v) is 3.09. The minimum absolute atomic E-state index is 0.943. The number of nitrogens with one attached hydrogen (secondary N) is 1. The normalized spacial score (nSPS) is 9.40. The molecule has 2 rings (SSSR count). The fraction of sp³-hybridized carbons (Fsp3) is 0.278. The Hall–Kier alpha value is -2.09. The number of aryl methyl sites for hydroxylation is 2. The summed E-state index contributed by atoms with van der Waals surface area (Å²) >= 11 is 0. The average molecular weight is 269 g/mol. The second-order valence-corrected chi connectivity index (χ2v) is 4.52. The maximum absolute atomic E-state index is 6.08. The Balaban J connectivity index is 0.000000612. The Morgan fingerprint density at radius 3 is 2.05 bits per heavy atom.